The van der Waals surface area contributed by atoms with Gasteiger partial charge in [0, 0.05) is 37.7 Å². The van der Waals surface area contributed by atoms with Gasteiger partial charge in [-0.15, -0.1) is 0 Å². The van der Waals surface area contributed by atoms with Crippen LogP contribution in [0.15, 0.2) is 64.5 Å². The predicted octanol–water partition coefficient (Wildman–Crippen LogP) is 4.86. The Labute approximate surface area is 252 Å². The largest absolute Gasteiger partial charge is 0.491 e. The third kappa shape index (κ3) is 8.18. The fourth-order valence-electron chi connectivity index (χ4n) is 4.87. The van der Waals surface area contributed by atoms with Crippen molar-refractivity contribution in [1.82, 2.24) is 19.8 Å². The summed E-state index contributed by atoms with van der Waals surface area (Å²) in [6.07, 6.45) is -0.0481. The maximum absolute atomic E-state index is 13.7. The molecular weight excluding hydrogens is 581 g/mol. The van der Waals surface area contributed by atoms with Gasteiger partial charge in [0.25, 0.3) is 5.56 Å². The van der Waals surface area contributed by atoms with Crippen molar-refractivity contribution in [3.8, 4) is 11.4 Å². The first-order chi connectivity index (χ1) is 20.8. The molecule has 1 fully saturated rings. The van der Waals surface area contributed by atoms with Crippen LogP contribution in [0.25, 0.3) is 5.69 Å². The van der Waals surface area contributed by atoms with E-state index in [0.29, 0.717) is 55.6 Å². The van der Waals surface area contributed by atoms with Gasteiger partial charge in [-0.3, -0.25) is 14.2 Å². The Morgan fingerprint density at radius 3 is 2.49 bits per heavy atom. The van der Waals surface area contributed by atoms with Crippen LogP contribution in [0.3, 0.4) is 0 Å². The van der Waals surface area contributed by atoms with Gasteiger partial charge in [0.2, 0.25) is 5.91 Å². The van der Waals surface area contributed by atoms with E-state index in [1.165, 1.54) is 18.6 Å². The average molecular weight is 617 g/mol. The van der Waals surface area contributed by atoms with Crippen LogP contribution < -0.4 is 15.6 Å². The maximum atomic E-state index is 13.7. The van der Waals surface area contributed by atoms with Crippen LogP contribution >= 0.6 is 11.8 Å². The number of benzene rings is 2. The van der Waals surface area contributed by atoms with E-state index in [1.54, 1.807) is 21.2 Å². The standard InChI is InChI=1S/C31H35F3N4O4S/c32-31(33,34)22-9-11-24(12-10-22)42-20-19-41-18-16-35-15-13-28(39)37-17-14-27-26(21-37)29(40)38(23-5-2-1-3-6-23)30(36-27)43-25-7-4-8-25/h1-3,5-6,9-12,25,35H,4,7-8,13-21H2. The van der Waals surface area contributed by atoms with Crippen LogP contribution in [0.1, 0.15) is 42.5 Å². The Morgan fingerprint density at radius 1 is 1.02 bits per heavy atom. The summed E-state index contributed by atoms with van der Waals surface area (Å²) in [5.74, 6) is 0.318. The molecule has 0 saturated heterocycles. The van der Waals surface area contributed by atoms with Crippen LogP contribution in [0.5, 0.6) is 5.75 Å². The Hall–Kier alpha value is -3.35. The number of ether oxygens (including phenoxy) is 2. The van der Waals surface area contributed by atoms with Gasteiger partial charge in [-0.1, -0.05) is 36.4 Å². The highest BCUT2D eigenvalue weighted by atomic mass is 32.2. The van der Waals surface area contributed by atoms with Crippen LogP contribution in [0.2, 0.25) is 0 Å². The van der Waals surface area contributed by atoms with E-state index in [0.717, 1.165) is 41.5 Å². The number of halogens is 3. The molecule has 0 bridgehead atoms. The van der Waals surface area contributed by atoms with Gasteiger partial charge in [-0.05, 0) is 49.2 Å². The molecular formula is C31H35F3N4O4S. The molecule has 1 aliphatic carbocycles. The van der Waals surface area contributed by atoms with Crippen LogP contribution in [-0.4, -0.2) is 65.1 Å². The number of carbonyl (C=O) groups is 1. The van der Waals surface area contributed by atoms with Crippen molar-refractivity contribution in [1.29, 1.82) is 0 Å². The highest BCUT2D eigenvalue weighted by molar-refractivity contribution is 7.99. The summed E-state index contributed by atoms with van der Waals surface area (Å²) in [4.78, 5) is 33.3. The molecule has 43 heavy (non-hydrogen) atoms. The second kappa shape index (κ2) is 14.4. The average Bonchev–Trinajstić information content (AvgIpc) is 2.98. The number of fused-ring (bicyclic) bond motifs is 1. The van der Waals surface area contributed by atoms with E-state index >= 15 is 0 Å². The zero-order chi connectivity index (χ0) is 30.2. The Kier molecular flexibility index (Phi) is 10.4. The molecule has 1 aliphatic heterocycles. The number of nitrogens with zero attached hydrogens (tertiary/aromatic N) is 3. The van der Waals surface area contributed by atoms with Gasteiger partial charge < -0.3 is 19.7 Å². The molecule has 12 heteroatoms. The molecule has 5 rings (SSSR count). The smallest absolute Gasteiger partial charge is 0.416 e. The SMILES string of the molecule is O=C(CCNCCOCCOc1ccc(C(F)(F)F)cc1)N1CCc2nc(SC3CCC3)n(-c3ccccc3)c(=O)c2C1. The predicted molar refractivity (Wildman–Crippen MR) is 158 cm³/mol. The lowest BCUT2D eigenvalue weighted by molar-refractivity contribution is -0.137. The molecule has 230 valence electrons. The molecule has 3 aromatic rings. The van der Waals surface area contributed by atoms with Crippen molar-refractivity contribution in [3.63, 3.8) is 0 Å². The normalized spacial score (nSPS) is 15.2. The van der Waals surface area contributed by atoms with E-state index in [9.17, 15) is 22.8 Å². The summed E-state index contributed by atoms with van der Waals surface area (Å²) < 4.78 is 50.5. The molecule has 2 aromatic carbocycles. The van der Waals surface area contributed by atoms with Crippen molar-refractivity contribution in [2.75, 3.05) is 39.5 Å². The van der Waals surface area contributed by atoms with Crippen LogP contribution in [0.4, 0.5) is 13.2 Å². The third-order valence-corrected chi connectivity index (χ3v) is 8.80. The monoisotopic (exact) mass is 616 g/mol. The molecule has 0 atom stereocenters. The number of thioether (sulfide) groups is 1. The van der Waals surface area contributed by atoms with E-state index < -0.39 is 11.7 Å². The Morgan fingerprint density at radius 2 is 1.79 bits per heavy atom. The number of rotatable bonds is 13. The number of nitrogens with one attached hydrogen (secondary N) is 1. The molecule has 1 N–H and O–H groups in total. The topological polar surface area (TPSA) is 85.7 Å². The number of hydrogen-bond acceptors (Lipinski definition) is 7. The van der Waals surface area contributed by atoms with Gasteiger partial charge in [-0.25, -0.2) is 4.98 Å². The minimum absolute atomic E-state index is 0.0254. The first-order valence-corrected chi connectivity index (χ1v) is 15.4. The molecule has 1 amide bonds. The summed E-state index contributed by atoms with van der Waals surface area (Å²) in [7, 11) is 0. The first-order valence-electron chi connectivity index (χ1n) is 14.5. The van der Waals surface area contributed by atoms with Gasteiger partial charge in [0.05, 0.1) is 42.3 Å². The van der Waals surface area contributed by atoms with Gasteiger partial charge >= 0.3 is 6.18 Å². The Balaban J connectivity index is 1.04. The van der Waals surface area contributed by atoms with Crippen LogP contribution in [0, 0.1) is 0 Å². The number of amides is 1. The van der Waals surface area contributed by atoms with Gasteiger partial charge in [-0.2, -0.15) is 13.2 Å². The number of alkyl halides is 3. The highest BCUT2D eigenvalue weighted by Gasteiger charge is 2.30. The molecule has 1 aromatic heterocycles. The number of hydrogen-bond donors (Lipinski definition) is 1. The molecule has 2 heterocycles. The lowest BCUT2D eigenvalue weighted by atomic mass is 10.0. The minimum atomic E-state index is -4.37. The minimum Gasteiger partial charge on any atom is -0.491 e. The zero-order valence-corrected chi connectivity index (χ0v) is 24.6. The lowest BCUT2D eigenvalue weighted by Crippen LogP contribution is -2.42. The van der Waals surface area contributed by atoms with Crippen molar-refractivity contribution < 1.29 is 27.4 Å². The quantitative estimate of drug-likeness (QED) is 0.217. The molecule has 0 radical (unpaired) electrons. The number of para-hydroxylation sites is 1. The molecule has 8 nitrogen and oxygen atoms in total. The second-order valence-corrected chi connectivity index (χ2v) is 11.8. The second-order valence-electron chi connectivity index (χ2n) is 10.5. The maximum Gasteiger partial charge on any atom is 0.416 e. The lowest BCUT2D eigenvalue weighted by Gasteiger charge is -2.30. The van der Waals surface area contributed by atoms with Crippen molar-refractivity contribution in [2.24, 2.45) is 0 Å². The number of carbonyl (C=O) groups excluding carboxylic acids is 1. The summed E-state index contributed by atoms with van der Waals surface area (Å²) in [5, 5.41) is 4.40. The molecule has 0 unspecified atom stereocenters. The van der Waals surface area contributed by atoms with Gasteiger partial charge in [0.1, 0.15) is 12.4 Å². The third-order valence-electron chi connectivity index (χ3n) is 7.51. The summed E-state index contributed by atoms with van der Waals surface area (Å²) in [6, 6.07) is 14.1. The number of aromatic nitrogens is 2. The summed E-state index contributed by atoms with van der Waals surface area (Å²) >= 11 is 1.68. The summed E-state index contributed by atoms with van der Waals surface area (Å²) in [5.41, 5.74) is 1.34. The Bertz CT molecular complexity index is 1430. The van der Waals surface area contributed by atoms with E-state index in [-0.39, 0.29) is 31.2 Å². The highest BCUT2D eigenvalue weighted by Crippen LogP contribution is 2.36. The molecule has 1 saturated carbocycles. The van der Waals surface area contributed by atoms with E-state index in [1.807, 2.05) is 30.3 Å². The van der Waals surface area contributed by atoms with Crippen molar-refractivity contribution in [2.45, 2.75) is 55.2 Å². The fraction of sp³-hybridized carbons (Fsp3) is 0.452. The van der Waals surface area contributed by atoms with Crippen LogP contribution in [-0.2, 0) is 28.7 Å². The molecule has 0 spiro atoms. The van der Waals surface area contributed by atoms with E-state index in [2.05, 4.69) is 5.32 Å². The fourth-order valence-corrected chi connectivity index (χ4v) is 6.20. The van der Waals surface area contributed by atoms with E-state index in [4.69, 9.17) is 14.5 Å². The van der Waals surface area contributed by atoms with Crippen molar-refractivity contribution >= 4 is 17.7 Å². The van der Waals surface area contributed by atoms with Crippen molar-refractivity contribution in [3.05, 3.63) is 81.8 Å². The zero-order valence-electron chi connectivity index (χ0n) is 23.8. The summed E-state index contributed by atoms with van der Waals surface area (Å²) in [6.45, 7) is 2.67. The molecule has 2 aliphatic rings. The first kappa shape index (κ1) is 31.1. The van der Waals surface area contributed by atoms with Gasteiger partial charge in [0.15, 0.2) is 5.16 Å².